The Hall–Kier alpha value is -1.20. The molecule has 1 aromatic heterocycles. The van der Waals surface area contributed by atoms with Crippen molar-refractivity contribution in [3.8, 4) is 0 Å². The normalized spacial score (nSPS) is 16.6. The van der Waals surface area contributed by atoms with Gasteiger partial charge < -0.3 is 15.0 Å². The van der Waals surface area contributed by atoms with Gasteiger partial charge in [0.15, 0.2) is 0 Å². The fraction of sp³-hybridized carbons (Fsp3) is 0.667. The van der Waals surface area contributed by atoms with Crippen molar-refractivity contribution >= 4 is 0 Å². The van der Waals surface area contributed by atoms with E-state index in [0.717, 1.165) is 24.4 Å². The molecular formula is C12H19N3O2. The first-order chi connectivity index (χ1) is 8.20. The summed E-state index contributed by atoms with van der Waals surface area (Å²) in [4.78, 5) is 19.1. The highest BCUT2D eigenvalue weighted by molar-refractivity contribution is 5.19. The highest BCUT2D eigenvalue weighted by Gasteiger charge is 2.15. The molecule has 2 rings (SSSR count). The molecule has 0 spiro atoms. The first-order valence-corrected chi connectivity index (χ1v) is 6.12. The second-order valence-corrected chi connectivity index (χ2v) is 4.43. The van der Waals surface area contributed by atoms with Crippen LogP contribution in [0.4, 0.5) is 0 Å². The number of H-pyrrole nitrogens is 1. The summed E-state index contributed by atoms with van der Waals surface area (Å²) in [6.07, 6.45) is 1.79. The maximum absolute atomic E-state index is 11.8. The molecule has 0 aliphatic carbocycles. The molecule has 5 nitrogen and oxygen atoms in total. The number of aromatic nitrogens is 2. The van der Waals surface area contributed by atoms with Gasteiger partial charge in [-0.05, 0) is 13.3 Å². The molecular weight excluding hydrogens is 218 g/mol. The molecule has 0 radical (unpaired) electrons. The Bertz CT molecular complexity index is 442. The lowest BCUT2D eigenvalue weighted by molar-refractivity contribution is 0.107. The van der Waals surface area contributed by atoms with Crippen LogP contribution in [0.15, 0.2) is 4.79 Å². The Morgan fingerprint density at radius 3 is 3.18 bits per heavy atom. The molecule has 1 aliphatic heterocycles. The van der Waals surface area contributed by atoms with E-state index >= 15 is 0 Å². The predicted octanol–water partition coefficient (Wildman–Crippen LogP) is 0.731. The van der Waals surface area contributed by atoms with Gasteiger partial charge in [0.25, 0.3) is 5.56 Å². The zero-order chi connectivity index (χ0) is 12.3. The van der Waals surface area contributed by atoms with Crippen molar-refractivity contribution in [3.05, 3.63) is 27.4 Å². The Morgan fingerprint density at radius 2 is 2.41 bits per heavy atom. The average Bonchev–Trinajstić information content (AvgIpc) is 2.36. The summed E-state index contributed by atoms with van der Waals surface area (Å²) in [5.74, 6) is 0.718. The smallest absolute Gasteiger partial charge is 0.256 e. The lowest BCUT2D eigenvalue weighted by Crippen LogP contribution is -2.30. The predicted molar refractivity (Wildman–Crippen MR) is 64.8 cm³/mol. The van der Waals surface area contributed by atoms with Gasteiger partial charge in [-0.3, -0.25) is 4.79 Å². The first-order valence-electron chi connectivity index (χ1n) is 6.12. The van der Waals surface area contributed by atoms with Crippen molar-refractivity contribution < 1.29 is 4.74 Å². The van der Waals surface area contributed by atoms with E-state index in [1.165, 1.54) is 0 Å². The minimum atomic E-state index is -0.0596. The topological polar surface area (TPSA) is 67.0 Å². The molecule has 1 aromatic rings. The number of nitrogens with one attached hydrogen (secondary N) is 2. The summed E-state index contributed by atoms with van der Waals surface area (Å²) in [5.41, 5.74) is 1.51. The number of hydrogen-bond donors (Lipinski definition) is 2. The fourth-order valence-electron chi connectivity index (χ4n) is 1.79. The van der Waals surface area contributed by atoms with Gasteiger partial charge in [-0.1, -0.05) is 6.92 Å². The quantitative estimate of drug-likeness (QED) is 0.810. The average molecular weight is 237 g/mol. The third-order valence-electron chi connectivity index (χ3n) is 3.11. The molecule has 1 atom stereocenters. The van der Waals surface area contributed by atoms with Crippen LogP contribution in [-0.2, 0) is 24.3 Å². The fourth-order valence-corrected chi connectivity index (χ4v) is 1.79. The zero-order valence-electron chi connectivity index (χ0n) is 10.4. The van der Waals surface area contributed by atoms with E-state index < -0.39 is 0 Å². The number of nitrogens with zero attached hydrogens (tertiary/aromatic N) is 1. The van der Waals surface area contributed by atoms with Crippen molar-refractivity contribution in [1.82, 2.24) is 15.3 Å². The summed E-state index contributed by atoms with van der Waals surface area (Å²) >= 11 is 0. The molecule has 2 N–H and O–H groups in total. The van der Waals surface area contributed by atoms with Gasteiger partial charge in [-0.2, -0.15) is 0 Å². The lowest BCUT2D eigenvalue weighted by atomic mass is 10.1. The summed E-state index contributed by atoms with van der Waals surface area (Å²) in [5, 5.41) is 3.32. The van der Waals surface area contributed by atoms with E-state index in [1.807, 2.05) is 0 Å². The van der Waals surface area contributed by atoms with Crippen molar-refractivity contribution in [1.29, 1.82) is 0 Å². The van der Waals surface area contributed by atoms with E-state index in [9.17, 15) is 4.79 Å². The largest absolute Gasteiger partial charge is 0.376 e. The van der Waals surface area contributed by atoms with E-state index in [0.29, 0.717) is 31.4 Å². The van der Waals surface area contributed by atoms with Crippen molar-refractivity contribution in [3.63, 3.8) is 0 Å². The third-order valence-corrected chi connectivity index (χ3v) is 3.11. The van der Waals surface area contributed by atoms with Crippen molar-refractivity contribution in [2.45, 2.75) is 45.9 Å². The molecule has 5 heteroatoms. The van der Waals surface area contributed by atoms with Crippen LogP contribution in [0, 0.1) is 0 Å². The number of rotatable bonds is 4. The van der Waals surface area contributed by atoms with E-state index in [2.05, 4.69) is 29.1 Å². The highest BCUT2D eigenvalue weighted by Crippen LogP contribution is 2.09. The van der Waals surface area contributed by atoms with Crippen LogP contribution >= 0.6 is 0 Å². The highest BCUT2D eigenvalue weighted by atomic mass is 16.5. The molecule has 0 amide bonds. The van der Waals surface area contributed by atoms with E-state index in [-0.39, 0.29) is 5.56 Å². The zero-order valence-corrected chi connectivity index (χ0v) is 10.4. The van der Waals surface area contributed by atoms with Gasteiger partial charge in [0, 0.05) is 12.5 Å². The molecule has 0 saturated heterocycles. The summed E-state index contributed by atoms with van der Waals surface area (Å²) in [6.45, 7) is 5.89. The monoisotopic (exact) mass is 237 g/mol. The number of hydrogen-bond acceptors (Lipinski definition) is 4. The van der Waals surface area contributed by atoms with Crippen LogP contribution in [0.5, 0.6) is 0 Å². The Balaban J connectivity index is 2.14. The Labute approximate surface area is 101 Å². The van der Waals surface area contributed by atoms with Crippen LogP contribution in [0.2, 0.25) is 0 Å². The molecule has 17 heavy (non-hydrogen) atoms. The number of aromatic amines is 1. The maximum atomic E-state index is 11.8. The molecule has 0 unspecified atom stereocenters. The van der Waals surface area contributed by atoms with Gasteiger partial charge in [0.2, 0.25) is 0 Å². The summed E-state index contributed by atoms with van der Waals surface area (Å²) < 4.78 is 5.26. The van der Waals surface area contributed by atoms with E-state index in [1.54, 1.807) is 0 Å². The summed E-state index contributed by atoms with van der Waals surface area (Å²) in [7, 11) is 0. The van der Waals surface area contributed by atoms with Crippen LogP contribution in [-0.4, -0.2) is 22.6 Å². The van der Waals surface area contributed by atoms with Crippen LogP contribution in [0.25, 0.3) is 0 Å². The minimum absolute atomic E-state index is 0.0596. The minimum Gasteiger partial charge on any atom is -0.376 e. The SMILES string of the molecule is CC[C@@H](C)NCc1nc2c(c(=O)[nH]1)COCC2. The molecule has 0 bridgehead atoms. The second kappa shape index (κ2) is 5.42. The second-order valence-electron chi connectivity index (χ2n) is 4.43. The third kappa shape index (κ3) is 2.92. The number of ether oxygens (including phenoxy) is 1. The molecule has 0 aromatic carbocycles. The number of fused-ring (bicyclic) bond motifs is 1. The lowest BCUT2D eigenvalue weighted by Gasteiger charge is -2.16. The molecule has 0 fully saturated rings. The van der Waals surface area contributed by atoms with Gasteiger partial charge in [0.1, 0.15) is 5.82 Å². The molecule has 94 valence electrons. The Morgan fingerprint density at radius 1 is 1.59 bits per heavy atom. The first kappa shape index (κ1) is 12.3. The maximum Gasteiger partial charge on any atom is 0.256 e. The molecule has 2 heterocycles. The van der Waals surface area contributed by atoms with Crippen LogP contribution < -0.4 is 10.9 Å². The Kier molecular flexibility index (Phi) is 3.91. The molecule has 1 aliphatic rings. The standard InChI is InChI=1S/C12H19N3O2/c1-3-8(2)13-6-11-14-10-4-5-17-7-9(10)12(16)15-11/h8,13H,3-7H2,1-2H3,(H,14,15,16)/t8-/m1/s1. The summed E-state index contributed by atoms with van der Waals surface area (Å²) in [6, 6.07) is 0.430. The van der Waals surface area contributed by atoms with Crippen molar-refractivity contribution in [2.75, 3.05) is 6.61 Å². The van der Waals surface area contributed by atoms with Gasteiger partial charge in [-0.25, -0.2) is 4.98 Å². The van der Waals surface area contributed by atoms with E-state index in [4.69, 9.17) is 4.74 Å². The van der Waals surface area contributed by atoms with Crippen LogP contribution in [0.3, 0.4) is 0 Å². The molecule has 0 saturated carbocycles. The van der Waals surface area contributed by atoms with Gasteiger partial charge in [0.05, 0.1) is 31.0 Å². The van der Waals surface area contributed by atoms with Gasteiger partial charge in [-0.15, -0.1) is 0 Å². The van der Waals surface area contributed by atoms with Gasteiger partial charge >= 0.3 is 0 Å². The van der Waals surface area contributed by atoms with Crippen molar-refractivity contribution in [2.24, 2.45) is 0 Å². The van der Waals surface area contributed by atoms with Crippen LogP contribution in [0.1, 0.15) is 37.4 Å².